The Morgan fingerprint density at radius 2 is 1.73 bits per heavy atom. The second kappa shape index (κ2) is 10.9. The van der Waals surface area contributed by atoms with Gasteiger partial charge in [0.2, 0.25) is 0 Å². The lowest BCUT2D eigenvalue weighted by molar-refractivity contribution is -0.135. The van der Waals surface area contributed by atoms with Gasteiger partial charge in [-0.25, -0.2) is 0 Å². The lowest BCUT2D eigenvalue weighted by Gasteiger charge is -1.88. The summed E-state index contributed by atoms with van der Waals surface area (Å²) in [5.41, 5.74) is 5.87. The molecule has 0 heterocycles. The van der Waals surface area contributed by atoms with Crippen LogP contribution in [0.3, 0.4) is 0 Å². The van der Waals surface area contributed by atoms with Crippen LogP contribution in [-0.2, 0) is 4.79 Å². The van der Waals surface area contributed by atoms with Crippen LogP contribution in [0, 0.1) is 6.92 Å². The fourth-order valence-electron chi connectivity index (χ4n) is 0.533. The SMILES string of the molecule is C=C.Cc1ccc(Br)cc1.NCC(=O)O. The van der Waals surface area contributed by atoms with E-state index in [1.54, 1.807) is 0 Å². The highest BCUT2D eigenvalue weighted by Gasteiger charge is 1.81. The number of hydrogen-bond acceptors (Lipinski definition) is 2. The molecule has 1 rings (SSSR count). The molecule has 0 fully saturated rings. The Balaban J connectivity index is 0. The summed E-state index contributed by atoms with van der Waals surface area (Å²) in [5, 5.41) is 7.60. The second-order valence-corrected chi connectivity index (χ2v) is 3.31. The van der Waals surface area contributed by atoms with Crippen LogP contribution in [0.4, 0.5) is 0 Å². The maximum Gasteiger partial charge on any atom is 0.317 e. The van der Waals surface area contributed by atoms with E-state index in [4.69, 9.17) is 5.11 Å². The van der Waals surface area contributed by atoms with E-state index in [9.17, 15) is 4.79 Å². The number of carbonyl (C=O) groups is 1. The fourth-order valence-corrected chi connectivity index (χ4v) is 0.798. The minimum Gasteiger partial charge on any atom is -0.480 e. The summed E-state index contributed by atoms with van der Waals surface area (Å²) in [5.74, 6) is -0.968. The number of benzene rings is 1. The van der Waals surface area contributed by atoms with E-state index in [0.29, 0.717) is 0 Å². The number of aliphatic carboxylic acids is 1. The van der Waals surface area contributed by atoms with Gasteiger partial charge in [0.1, 0.15) is 0 Å². The molecule has 0 amide bonds. The van der Waals surface area contributed by atoms with Crippen molar-refractivity contribution < 1.29 is 9.90 Å². The van der Waals surface area contributed by atoms with Crippen LogP contribution in [0.5, 0.6) is 0 Å². The first-order valence-electron chi connectivity index (χ1n) is 4.20. The number of carboxylic acid groups (broad SMARTS) is 1. The molecule has 84 valence electrons. The molecular formula is C11H16BrNO2. The number of halogens is 1. The molecule has 0 aliphatic carbocycles. The zero-order chi connectivity index (χ0) is 12.3. The minimum absolute atomic E-state index is 0.278. The average Bonchev–Trinajstić information content (AvgIpc) is 2.26. The first kappa shape index (κ1) is 16.3. The van der Waals surface area contributed by atoms with Gasteiger partial charge in [-0.05, 0) is 19.1 Å². The third-order valence-electron chi connectivity index (χ3n) is 1.19. The highest BCUT2D eigenvalue weighted by molar-refractivity contribution is 9.10. The summed E-state index contributed by atoms with van der Waals surface area (Å²) in [6.07, 6.45) is 0. The summed E-state index contributed by atoms with van der Waals surface area (Å²) in [6, 6.07) is 8.22. The van der Waals surface area contributed by atoms with Crippen LogP contribution < -0.4 is 5.73 Å². The molecule has 0 unspecified atom stereocenters. The van der Waals surface area contributed by atoms with Gasteiger partial charge < -0.3 is 10.8 Å². The first-order valence-corrected chi connectivity index (χ1v) is 4.99. The van der Waals surface area contributed by atoms with Crippen LogP contribution in [-0.4, -0.2) is 17.6 Å². The van der Waals surface area contributed by atoms with Gasteiger partial charge in [-0.15, -0.1) is 13.2 Å². The molecule has 3 nitrogen and oxygen atoms in total. The number of aryl methyl sites for hydroxylation is 1. The van der Waals surface area contributed by atoms with Crippen molar-refractivity contribution in [2.75, 3.05) is 6.54 Å². The van der Waals surface area contributed by atoms with E-state index < -0.39 is 5.97 Å². The molecule has 0 atom stereocenters. The average molecular weight is 274 g/mol. The van der Waals surface area contributed by atoms with Gasteiger partial charge in [0, 0.05) is 4.47 Å². The number of carboxylic acids is 1. The third-order valence-corrected chi connectivity index (χ3v) is 1.71. The fraction of sp³-hybridized carbons (Fsp3) is 0.182. The van der Waals surface area contributed by atoms with Crippen molar-refractivity contribution in [2.24, 2.45) is 5.73 Å². The Bertz CT molecular complexity index is 251. The Morgan fingerprint density at radius 3 is 1.93 bits per heavy atom. The smallest absolute Gasteiger partial charge is 0.317 e. The topological polar surface area (TPSA) is 63.3 Å². The van der Waals surface area contributed by atoms with Crippen molar-refractivity contribution in [1.29, 1.82) is 0 Å². The van der Waals surface area contributed by atoms with E-state index in [0.717, 1.165) is 4.47 Å². The van der Waals surface area contributed by atoms with E-state index in [1.807, 2.05) is 12.1 Å². The molecular weight excluding hydrogens is 258 g/mol. The predicted molar refractivity (Wildman–Crippen MR) is 66.8 cm³/mol. The largest absolute Gasteiger partial charge is 0.480 e. The molecule has 0 aliphatic rings. The zero-order valence-corrected chi connectivity index (χ0v) is 10.3. The van der Waals surface area contributed by atoms with Crippen LogP contribution in [0.25, 0.3) is 0 Å². The normalized spacial score (nSPS) is 7.67. The summed E-state index contributed by atoms with van der Waals surface area (Å²) >= 11 is 3.35. The molecule has 4 heteroatoms. The Morgan fingerprint density at radius 1 is 1.40 bits per heavy atom. The lowest BCUT2D eigenvalue weighted by atomic mass is 10.2. The van der Waals surface area contributed by atoms with Gasteiger partial charge in [0.05, 0.1) is 6.54 Å². The van der Waals surface area contributed by atoms with Crippen molar-refractivity contribution in [1.82, 2.24) is 0 Å². The summed E-state index contributed by atoms with van der Waals surface area (Å²) in [7, 11) is 0. The van der Waals surface area contributed by atoms with Crippen molar-refractivity contribution in [3.05, 3.63) is 47.5 Å². The van der Waals surface area contributed by atoms with Crippen LogP contribution in [0.1, 0.15) is 5.56 Å². The number of nitrogens with two attached hydrogens (primary N) is 1. The van der Waals surface area contributed by atoms with Crippen LogP contribution >= 0.6 is 15.9 Å². The van der Waals surface area contributed by atoms with E-state index >= 15 is 0 Å². The van der Waals surface area contributed by atoms with Gasteiger partial charge in [0.25, 0.3) is 0 Å². The van der Waals surface area contributed by atoms with Crippen molar-refractivity contribution in [3.8, 4) is 0 Å². The molecule has 0 saturated carbocycles. The summed E-state index contributed by atoms with van der Waals surface area (Å²) in [4.78, 5) is 9.24. The molecule has 0 radical (unpaired) electrons. The van der Waals surface area contributed by atoms with Crippen LogP contribution in [0.2, 0.25) is 0 Å². The zero-order valence-electron chi connectivity index (χ0n) is 8.74. The molecule has 0 bridgehead atoms. The van der Waals surface area contributed by atoms with Crippen molar-refractivity contribution >= 4 is 21.9 Å². The number of rotatable bonds is 1. The van der Waals surface area contributed by atoms with Gasteiger partial charge in [-0.1, -0.05) is 33.6 Å². The molecule has 0 aromatic heterocycles. The van der Waals surface area contributed by atoms with E-state index in [2.05, 4.69) is 53.9 Å². The molecule has 1 aromatic carbocycles. The van der Waals surface area contributed by atoms with Crippen LogP contribution in [0.15, 0.2) is 41.9 Å². The molecule has 3 N–H and O–H groups in total. The third kappa shape index (κ3) is 12.9. The van der Waals surface area contributed by atoms with Crippen molar-refractivity contribution in [2.45, 2.75) is 6.92 Å². The summed E-state index contributed by atoms with van der Waals surface area (Å²) < 4.78 is 1.14. The lowest BCUT2D eigenvalue weighted by Crippen LogP contribution is -2.10. The molecule has 0 saturated heterocycles. The molecule has 0 aliphatic heterocycles. The van der Waals surface area contributed by atoms with E-state index in [-0.39, 0.29) is 6.54 Å². The maximum absolute atomic E-state index is 9.24. The minimum atomic E-state index is -0.968. The Labute approximate surface area is 98.7 Å². The quantitative estimate of drug-likeness (QED) is 0.774. The van der Waals surface area contributed by atoms with Crippen molar-refractivity contribution in [3.63, 3.8) is 0 Å². The standard InChI is InChI=1S/C7H7Br.C2H5NO2.C2H4/c1-6-2-4-7(8)5-3-6;3-1-2(4)5;1-2/h2-5H,1H3;1,3H2,(H,4,5);1-2H2. The first-order chi connectivity index (χ1) is 7.06. The van der Waals surface area contributed by atoms with Gasteiger partial charge in [0.15, 0.2) is 0 Å². The molecule has 0 spiro atoms. The Kier molecular flexibility index (Phi) is 11.9. The second-order valence-electron chi connectivity index (χ2n) is 2.39. The maximum atomic E-state index is 9.24. The Hall–Kier alpha value is -1.13. The van der Waals surface area contributed by atoms with Gasteiger partial charge >= 0.3 is 5.97 Å². The predicted octanol–water partition coefficient (Wildman–Crippen LogP) is 2.59. The highest BCUT2D eigenvalue weighted by Crippen LogP contribution is 2.08. The van der Waals surface area contributed by atoms with Gasteiger partial charge in [-0.3, -0.25) is 4.79 Å². The monoisotopic (exact) mass is 273 g/mol. The number of hydrogen-bond donors (Lipinski definition) is 2. The van der Waals surface area contributed by atoms with Gasteiger partial charge in [-0.2, -0.15) is 0 Å². The van der Waals surface area contributed by atoms with E-state index in [1.165, 1.54) is 5.56 Å². The summed E-state index contributed by atoms with van der Waals surface area (Å²) in [6.45, 7) is 7.80. The molecule has 1 aromatic rings. The molecule has 15 heavy (non-hydrogen) atoms. The highest BCUT2D eigenvalue weighted by atomic mass is 79.9.